The molecule has 7 nitrogen and oxygen atoms in total. The highest BCUT2D eigenvalue weighted by Gasteiger charge is 2.32. The van der Waals surface area contributed by atoms with E-state index in [-0.39, 0.29) is 40.9 Å². The van der Waals surface area contributed by atoms with Gasteiger partial charge >= 0.3 is 5.97 Å². The van der Waals surface area contributed by atoms with E-state index in [9.17, 15) is 18.3 Å². The summed E-state index contributed by atoms with van der Waals surface area (Å²) in [5, 5.41) is 18.2. The van der Waals surface area contributed by atoms with E-state index in [0.29, 0.717) is 0 Å². The van der Waals surface area contributed by atoms with Gasteiger partial charge in [-0.3, -0.25) is 0 Å². The number of aliphatic hydroxyl groups excluding tert-OH is 1. The number of furan rings is 1. The number of nitrogens with one attached hydrogen (secondary N) is 1. The van der Waals surface area contributed by atoms with Crippen molar-refractivity contribution < 1.29 is 27.8 Å². The zero-order chi connectivity index (χ0) is 16.4. The number of aromatic carboxylic acids is 1. The van der Waals surface area contributed by atoms with Gasteiger partial charge in [-0.15, -0.1) is 0 Å². The number of sulfonamides is 1. The molecule has 0 aliphatic heterocycles. The largest absolute Gasteiger partial charge is 0.478 e. The highest BCUT2D eigenvalue weighted by Crippen LogP contribution is 2.27. The molecule has 0 aliphatic rings. The van der Waals surface area contributed by atoms with Gasteiger partial charge in [-0.2, -0.15) is 0 Å². The Morgan fingerprint density at radius 1 is 1.29 bits per heavy atom. The van der Waals surface area contributed by atoms with Gasteiger partial charge in [0.2, 0.25) is 10.0 Å². The molecule has 1 atom stereocenters. The maximum atomic E-state index is 12.5. The van der Waals surface area contributed by atoms with Crippen molar-refractivity contribution in [1.82, 2.24) is 4.72 Å². The maximum Gasteiger partial charge on any atom is 0.340 e. The monoisotopic (exact) mass is 319 g/mol. The SMILES string of the molecule is Cc1oc(C)c(S(=O)(=O)NC(CCO)C(C)C)c1C(=O)O. The molecule has 0 amide bonds. The van der Waals surface area contributed by atoms with Crippen molar-refractivity contribution in [3.05, 3.63) is 17.1 Å². The molecule has 3 N–H and O–H groups in total. The predicted octanol–water partition coefficient (Wildman–Crippen LogP) is 1.28. The number of hydrogen-bond acceptors (Lipinski definition) is 5. The summed E-state index contributed by atoms with van der Waals surface area (Å²) >= 11 is 0. The minimum absolute atomic E-state index is 0.0314. The minimum Gasteiger partial charge on any atom is -0.478 e. The summed E-state index contributed by atoms with van der Waals surface area (Å²) < 4.78 is 32.5. The number of rotatable bonds is 7. The summed E-state index contributed by atoms with van der Waals surface area (Å²) in [5.41, 5.74) is -0.355. The summed E-state index contributed by atoms with van der Waals surface area (Å²) in [6.07, 6.45) is 0.245. The van der Waals surface area contributed by atoms with Crippen molar-refractivity contribution in [3.63, 3.8) is 0 Å². The molecule has 0 bridgehead atoms. The van der Waals surface area contributed by atoms with Crippen LogP contribution in [-0.2, 0) is 10.0 Å². The standard InChI is InChI=1S/C13H21NO6S/c1-7(2)10(5-6-15)14-21(18,19)12-9(4)20-8(3)11(12)13(16)17/h7,10,14-15H,5-6H2,1-4H3,(H,16,17). The Morgan fingerprint density at radius 3 is 2.29 bits per heavy atom. The molecule has 1 aromatic heterocycles. The lowest BCUT2D eigenvalue weighted by atomic mass is 10.0. The van der Waals surface area contributed by atoms with E-state index in [4.69, 9.17) is 9.52 Å². The summed E-state index contributed by atoms with van der Waals surface area (Å²) in [6, 6.07) is -0.490. The molecule has 1 aromatic rings. The van der Waals surface area contributed by atoms with Gasteiger partial charge in [0.15, 0.2) is 0 Å². The highest BCUT2D eigenvalue weighted by atomic mass is 32.2. The Labute approximate surface area is 124 Å². The average Bonchev–Trinajstić information content (AvgIpc) is 2.64. The van der Waals surface area contributed by atoms with Crippen molar-refractivity contribution in [1.29, 1.82) is 0 Å². The van der Waals surface area contributed by atoms with E-state index in [1.165, 1.54) is 13.8 Å². The van der Waals surface area contributed by atoms with Crippen LogP contribution in [0.2, 0.25) is 0 Å². The second kappa shape index (κ2) is 6.59. The van der Waals surface area contributed by atoms with Crippen molar-refractivity contribution in [3.8, 4) is 0 Å². The first kappa shape index (κ1) is 17.7. The maximum absolute atomic E-state index is 12.5. The molecule has 0 aromatic carbocycles. The van der Waals surface area contributed by atoms with E-state index >= 15 is 0 Å². The zero-order valence-corrected chi connectivity index (χ0v) is 13.3. The first-order valence-electron chi connectivity index (χ1n) is 6.58. The van der Waals surface area contributed by atoms with Crippen molar-refractivity contribution >= 4 is 16.0 Å². The van der Waals surface area contributed by atoms with Gasteiger partial charge in [0, 0.05) is 12.6 Å². The van der Waals surface area contributed by atoms with E-state index in [1.54, 1.807) is 0 Å². The second-order valence-electron chi connectivity index (χ2n) is 5.21. The average molecular weight is 319 g/mol. The van der Waals surface area contributed by atoms with E-state index in [0.717, 1.165) is 0 Å². The molecule has 0 radical (unpaired) electrons. The zero-order valence-electron chi connectivity index (χ0n) is 12.5. The van der Waals surface area contributed by atoms with E-state index in [2.05, 4.69) is 4.72 Å². The lowest BCUT2D eigenvalue weighted by molar-refractivity contribution is 0.0691. The van der Waals surface area contributed by atoms with E-state index < -0.39 is 22.0 Å². The third-order valence-corrected chi connectivity index (χ3v) is 4.88. The molecule has 120 valence electrons. The number of aryl methyl sites for hydroxylation is 2. The molecule has 0 saturated heterocycles. The Bertz CT molecular complexity index is 617. The number of carbonyl (C=O) groups is 1. The number of carboxylic acids is 1. The fourth-order valence-electron chi connectivity index (χ4n) is 2.16. The Balaban J connectivity index is 3.28. The molecule has 0 spiro atoms. The van der Waals surface area contributed by atoms with Crippen LogP contribution in [0.3, 0.4) is 0 Å². The fourth-order valence-corrected chi connectivity index (χ4v) is 3.99. The molecule has 8 heteroatoms. The van der Waals surface area contributed by atoms with Crippen molar-refractivity contribution in [2.75, 3.05) is 6.61 Å². The molecule has 0 saturated carbocycles. The molecular weight excluding hydrogens is 298 g/mol. The van der Waals surface area contributed by atoms with Crippen LogP contribution in [0, 0.1) is 19.8 Å². The summed E-state index contributed by atoms with van der Waals surface area (Å²) in [4.78, 5) is 10.9. The topological polar surface area (TPSA) is 117 Å². The molecule has 1 rings (SSSR count). The van der Waals surface area contributed by atoms with Crippen LogP contribution in [0.25, 0.3) is 0 Å². The van der Waals surface area contributed by atoms with Gasteiger partial charge in [0.05, 0.1) is 0 Å². The van der Waals surface area contributed by atoms with Crippen molar-refractivity contribution in [2.24, 2.45) is 5.92 Å². The smallest absolute Gasteiger partial charge is 0.340 e. The van der Waals surface area contributed by atoms with E-state index in [1.807, 2.05) is 13.8 Å². The molecule has 0 fully saturated rings. The first-order valence-corrected chi connectivity index (χ1v) is 8.06. The fraction of sp³-hybridized carbons (Fsp3) is 0.615. The number of hydrogen-bond donors (Lipinski definition) is 3. The van der Waals surface area contributed by atoms with Crippen LogP contribution in [0.5, 0.6) is 0 Å². The number of aliphatic hydroxyl groups is 1. The van der Waals surface area contributed by atoms with Gasteiger partial charge in [-0.05, 0) is 26.2 Å². The predicted molar refractivity (Wildman–Crippen MR) is 75.8 cm³/mol. The van der Waals surface area contributed by atoms with Gasteiger partial charge in [0.25, 0.3) is 0 Å². The molecule has 1 unspecified atom stereocenters. The third kappa shape index (κ3) is 3.84. The van der Waals surface area contributed by atoms with Crippen molar-refractivity contribution in [2.45, 2.75) is 45.1 Å². The summed E-state index contributed by atoms with van der Waals surface area (Å²) in [7, 11) is -4.05. The third-order valence-electron chi connectivity index (χ3n) is 3.24. The minimum atomic E-state index is -4.05. The highest BCUT2D eigenvalue weighted by molar-refractivity contribution is 7.89. The van der Waals surface area contributed by atoms with Gasteiger partial charge in [0.1, 0.15) is 22.0 Å². The van der Waals surface area contributed by atoms with Crippen LogP contribution in [0.15, 0.2) is 9.31 Å². The van der Waals surface area contributed by atoms with Crippen LogP contribution >= 0.6 is 0 Å². The lowest BCUT2D eigenvalue weighted by Crippen LogP contribution is -2.39. The number of carboxylic acid groups (broad SMARTS) is 1. The Hall–Kier alpha value is -1.38. The van der Waals surface area contributed by atoms with Crippen LogP contribution in [0.4, 0.5) is 0 Å². The summed E-state index contributed by atoms with van der Waals surface area (Å²) in [6.45, 7) is 6.27. The van der Waals surface area contributed by atoms with Crippen LogP contribution in [-0.4, -0.2) is 37.2 Å². The molecule has 1 heterocycles. The summed E-state index contributed by atoms with van der Waals surface area (Å²) in [5.74, 6) is -1.32. The van der Waals surface area contributed by atoms with Crippen LogP contribution < -0.4 is 4.72 Å². The van der Waals surface area contributed by atoms with Gasteiger partial charge in [-0.25, -0.2) is 17.9 Å². The van der Waals surface area contributed by atoms with Crippen LogP contribution in [0.1, 0.15) is 42.1 Å². The van der Waals surface area contributed by atoms with Gasteiger partial charge < -0.3 is 14.6 Å². The molecule has 21 heavy (non-hydrogen) atoms. The molecule has 0 aliphatic carbocycles. The van der Waals surface area contributed by atoms with Gasteiger partial charge in [-0.1, -0.05) is 13.8 Å². The quantitative estimate of drug-likeness (QED) is 0.697. The first-order chi connectivity index (χ1) is 9.61. The Kier molecular flexibility index (Phi) is 5.54. The Morgan fingerprint density at radius 2 is 1.86 bits per heavy atom. The second-order valence-corrected chi connectivity index (χ2v) is 6.86. The lowest BCUT2D eigenvalue weighted by Gasteiger charge is -2.21. The molecular formula is C13H21NO6S. The normalized spacial score (nSPS) is 13.6.